The van der Waals surface area contributed by atoms with E-state index in [2.05, 4.69) is 0 Å². The summed E-state index contributed by atoms with van der Waals surface area (Å²) in [6, 6.07) is 7.48. The molecule has 4 N–H and O–H groups in total. The summed E-state index contributed by atoms with van der Waals surface area (Å²) in [5, 5.41) is 40.6. The fourth-order valence-corrected chi connectivity index (χ4v) is 2.92. The van der Waals surface area contributed by atoms with Gasteiger partial charge in [0.25, 0.3) is 0 Å². The summed E-state index contributed by atoms with van der Waals surface area (Å²) >= 11 is 0. The minimum atomic E-state index is -1.24. The van der Waals surface area contributed by atoms with Gasteiger partial charge >= 0.3 is 0 Å². The third-order valence-corrected chi connectivity index (χ3v) is 4.59. The number of carbonyl (C=O) groups is 1. The first-order valence-electron chi connectivity index (χ1n) is 8.96. The number of ether oxygens (including phenoxy) is 2. The number of phenolic OH excluding ortho intramolecular Hbond substituents is 3. The van der Waals surface area contributed by atoms with E-state index in [-0.39, 0.29) is 34.8 Å². The molecule has 0 fully saturated rings. The average molecular weight is 402 g/mol. The van der Waals surface area contributed by atoms with Crippen LogP contribution in [0.2, 0.25) is 0 Å². The first-order chi connectivity index (χ1) is 13.6. The van der Waals surface area contributed by atoms with Gasteiger partial charge in [0.15, 0.2) is 5.78 Å². The molecule has 0 saturated carbocycles. The topological polar surface area (TPSA) is 116 Å². The molecule has 0 bridgehead atoms. The Balaban J connectivity index is 2.44. The second-order valence-electron chi connectivity index (χ2n) is 7.17. The maximum Gasteiger partial charge on any atom is 0.193 e. The molecule has 2 aromatic carbocycles. The number of hydrogen-bond acceptors (Lipinski definition) is 7. The molecule has 2 aromatic rings. The van der Waals surface area contributed by atoms with Crippen LogP contribution in [0.1, 0.15) is 35.3 Å². The molecule has 0 spiro atoms. The summed E-state index contributed by atoms with van der Waals surface area (Å²) in [6.07, 6.45) is 2.03. The highest BCUT2D eigenvalue weighted by Gasteiger charge is 2.31. The number of aromatic hydroxyl groups is 3. The van der Waals surface area contributed by atoms with Crippen LogP contribution >= 0.6 is 0 Å². The van der Waals surface area contributed by atoms with Gasteiger partial charge in [0.1, 0.15) is 28.6 Å². The number of benzene rings is 2. The maximum absolute atomic E-state index is 12.8. The van der Waals surface area contributed by atoms with Crippen molar-refractivity contribution in [1.29, 1.82) is 0 Å². The van der Waals surface area contributed by atoms with Crippen LogP contribution < -0.4 is 4.74 Å². The predicted octanol–water partition coefficient (Wildman–Crippen LogP) is 3.04. The Morgan fingerprint density at radius 2 is 1.76 bits per heavy atom. The van der Waals surface area contributed by atoms with Crippen LogP contribution in [0.5, 0.6) is 23.0 Å². The van der Waals surface area contributed by atoms with E-state index in [0.717, 1.165) is 0 Å². The molecule has 7 heteroatoms. The Bertz CT molecular complexity index is 893. The first-order valence-corrected chi connectivity index (χ1v) is 8.96. The average Bonchev–Trinajstić information content (AvgIpc) is 2.65. The van der Waals surface area contributed by atoms with Crippen LogP contribution in [0, 0.1) is 0 Å². The lowest BCUT2D eigenvalue weighted by molar-refractivity contribution is -0.0692. The fraction of sp³-hybridized carbons (Fsp3) is 0.318. The summed E-state index contributed by atoms with van der Waals surface area (Å²) in [4.78, 5) is 12.8. The number of hydrogen-bond donors (Lipinski definition) is 4. The number of carbonyl (C=O) groups excluding carboxylic acids is 1. The fourth-order valence-electron chi connectivity index (χ4n) is 2.92. The summed E-state index contributed by atoms with van der Waals surface area (Å²) < 4.78 is 10.4. The first kappa shape index (κ1) is 22.3. The highest BCUT2D eigenvalue weighted by molar-refractivity contribution is 6.11. The van der Waals surface area contributed by atoms with Crippen molar-refractivity contribution >= 4 is 11.9 Å². The van der Waals surface area contributed by atoms with Crippen LogP contribution in [0.15, 0.2) is 36.4 Å². The molecule has 2 rings (SSSR count). The van der Waals surface area contributed by atoms with Crippen molar-refractivity contribution in [1.82, 2.24) is 0 Å². The Hall–Kier alpha value is -3.03. The molecule has 0 aliphatic carbocycles. The van der Waals surface area contributed by atoms with Gasteiger partial charge in [-0.1, -0.05) is 18.2 Å². The van der Waals surface area contributed by atoms with E-state index in [4.69, 9.17) is 9.47 Å². The van der Waals surface area contributed by atoms with Crippen molar-refractivity contribution < 1.29 is 34.7 Å². The van der Waals surface area contributed by atoms with Crippen LogP contribution in [0.3, 0.4) is 0 Å². The van der Waals surface area contributed by atoms with Crippen molar-refractivity contribution in [2.75, 3.05) is 14.2 Å². The van der Waals surface area contributed by atoms with Crippen LogP contribution in [-0.4, -0.2) is 52.1 Å². The second kappa shape index (κ2) is 8.98. The number of aliphatic hydroxyl groups is 1. The Kier molecular flexibility index (Phi) is 6.89. The molecule has 7 nitrogen and oxygen atoms in total. The highest BCUT2D eigenvalue weighted by atomic mass is 16.5. The maximum atomic E-state index is 12.8. The van der Waals surface area contributed by atoms with E-state index in [1.165, 1.54) is 44.6 Å². The molecule has 0 aromatic heterocycles. The molecule has 0 unspecified atom stereocenters. The molecule has 156 valence electrons. The molecule has 0 amide bonds. The third kappa shape index (κ3) is 5.28. The van der Waals surface area contributed by atoms with Crippen molar-refractivity contribution in [3.05, 3.63) is 53.1 Å². The van der Waals surface area contributed by atoms with Gasteiger partial charge < -0.3 is 29.9 Å². The van der Waals surface area contributed by atoms with Gasteiger partial charge in [-0.3, -0.25) is 4.79 Å². The zero-order chi connectivity index (χ0) is 21.8. The Morgan fingerprint density at radius 3 is 2.28 bits per heavy atom. The van der Waals surface area contributed by atoms with E-state index in [1.54, 1.807) is 26.0 Å². The van der Waals surface area contributed by atoms with E-state index in [0.29, 0.717) is 5.56 Å². The smallest absolute Gasteiger partial charge is 0.193 e. The van der Waals surface area contributed by atoms with E-state index in [9.17, 15) is 25.2 Å². The van der Waals surface area contributed by atoms with Gasteiger partial charge in [-0.15, -0.1) is 0 Å². The van der Waals surface area contributed by atoms with E-state index < -0.39 is 23.2 Å². The number of rotatable bonds is 8. The zero-order valence-corrected chi connectivity index (χ0v) is 16.8. The molecule has 0 aliphatic rings. The van der Waals surface area contributed by atoms with Gasteiger partial charge in [0.05, 0.1) is 18.8 Å². The molecule has 29 heavy (non-hydrogen) atoms. The van der Waals surface area contributed by atoms with Gasteiger partial charge in [0.2, 0.25) is 0 Å². The Labute approximate surface area is 169 Å². The zero-order valence-electron chi connectivity index (χ0n) is 16.8. The quantitative estimate of drug-likeness (QED) is 0.396. The number of allylic oxidation sites excluding steroid dienone is 1. The van der Waals surface area contributed by atoms with Gasteiger partial charge in [-0.05, 0) is 37.6 Å². The Morgan fingerprint density at radius 1 is 1.14 bits per heavy atom. The molecular formula is C22H26O7. The molecule has 1 atom stereocenters. The van der Waals surface area contributed by atoms with Crippen LogP contribution in [0.25, 0.3) is 6.08 Å². The lowest BCUT2D eigenvalue weighted by atomic mass is 9.92. The minimum absolute atomic E-state index is 0.0151. The number of phenols is 3. The summed E-state index contributed by atoms with van der Waals surface area (Å²) in [7, 11) is 2.73. The monoisotopic (exact) mass is 402 g/mol. The molecule has 0 radical (unpaired) electrons. The predicted molar refractivity (Wildman–Crippen MR) is 109 cm³/mol. The van der Waals surface area contributed by atoms with Crippen molar-refractivity contribution in [3.8, 4) is 23.0 Å². The largest absolute Gasteiger partial charge is 0.508 e. The van der Waals surface area contributed by atoms with Crippen molar-refractivity contribution in [2.45, 2.75) is 32.0 Å². The van der Waals surface area contributed by atoms with Crippen molar-refractivity contribution in [3.63, 3.8) is 0 Å². The van der Waals surface area contributed by atoms with Crippen LogP contribution in [-0.2, 0) is 11.2 Å². The highest BCUT2D eigenvalue weighted by Crippen LogP contribution is 2.40. The summed E-state index contributed by atoms with van der Waals surface area (Å²) in [5.41, 5.74) is -0.603. The van der Waals surface area contributed by atoms with Crippen LogP contribution in [0.4, 0.5) is 0 Å². The molecule has 0 saturated heterocycles. The van der Waals surface area contributed by atoms with E-state index >= 15 is 0 Å². The molecule has 0 aliphatic heterocycles. The SMILES string of the molecule is COc1cc(O)c(C[C@@H](OC)C(C)(C)O)c(O)c1C(=O)/C=C/c1ccc(O)cc1. The third-order valence-electron chi connectivity index (χ3n) is 4.59. The lowest BCUT2D eigenvalue weighted by Gasteiger charge is -2.28. The van der Waals surface area contributed by atoms with Gasteiger partial charge in [-0.25, -0.2) is 0 Å². The summed E-state index contributed by atoms with van der Waals surface area (Å²) in [6.45, 7) is 3.09. The number of ketones is 1. The van der Waals surface area contributed by atoms with E-state index in [1.807, 2.05) is 0 Å². The standard InChI is InChI=1S/C22H26O7/c1-22(2,27)19(29-4)11-15-17(25)12-18(28-3)20(21(15)26)16(24)10-7-13-5-8-14(23)9-6-13/h5-10,12,19,23,25-27H,11H2,1-4H3/b10-7+/t19-/m1/s1. The molecule has 0 heterocycles. The minimum Gasteiger partial charge on any atom is -0.508 e. The van der Waals surface area contributed by atoms with Gasteiger partial charge in [0, 0.05) is 25.2 Å². The lowest BCUT2D eigenvalue weighted by Crippen LogP contribution is -2.39. The number of methoxy groups -OCH3 is 2. The normalized spacial score (nSPS) is 12.9. The van der Waals surface area contributed by atoms with Gasteiger partial charge in [-0.2, -0.15) is 0 Å². The molecular weight excluding hydrogens is 376 g/mol. The summed E-state index contributed by atoms with van der Waals surface area (Å²) in [5.74, 6) is -1.12. The second-order valence-corrected chi connectivity index (χ2v) is 7.17. The van der Waals surface area contributed by atoms with Crippen molar-refractivity contribution in [2.24, 2.45) is 0 Å².